The number of H-pyrrole nitrogens is 2. The Labute approximate surface area is 221 Å². The van der Waals surface area contributed by atoms with Gasteiger partial charge >= 0.3 is 0 Å². The summed E-state index contributed by atoms with van der Waals surface area (Å²) < 4.78 is 11.5. The van der Waals surface area contributed by atoms with Gasteiger partial charge < -0.3 is 30.1 Å². The lowest BCUT2D eigenvalue weighted by molar-refractivity contribution is 0.0322. The van der Waals surface area contributed by atoms with E-state index in [-0.39, 0.29) is 0 Å². The van der Waals surface area contributed by atoms with Gasteiger partial charge in [-0.05, 0) is 65.4 Å². The largest absolute Gasteiger partial charge is 0.492 e. The number of hydrogen-bond donors (Lipinski definition) is 4. The third kappa shape index (κ3) is 5.90. The first-order valence-corrected chi connectivity index (χ1v) is 13.2. The van der Waals surface area contributed by atoms with E-state index in [9.17, 15) is 0 Å². The lowest BCUT2D eigenvalue weighted by Gasteiger charge is -2.26. The number of benzene rings is 2. The van der Waals surface area contributed by atoms with Crippen molar-refractivity contribution in [3.05, 3.63) is 78.2 Å². The number of aromatic amines is 2. The lowest BCUT2D eigenvalue weighted by atomic mass is 10.1. The van der Waals surface area contributed by atoms with Crippen molar-refractivity contribution < 1.29 is 9.47 Å². The van der Waals surface area contributed by atoms with E-state index >= 15 is 0 Å². The number of ether oxygens (including phenoxy) is 2. The fourth-order valence-electron chi connectivity index (χ4n) is 4.83. The van der Waals surface area contributed by atoms with Crippen molar-refractivity contribution in [1.29, 1.82) is 0 Å². The van der Waals surface area contributed by atoms with Gasteiger partial charge in [0.25, 0.3) is 0 Å². The molecule has 1 saturated heterocycles. The zero-order valence-electron chi connectivity index (χ0n) is 21.4. The number of aromatic nitrogens is 4. The fourth-order valence-corrected chi connectivity index (χ4v) is 4.83. The van der Waals surface area contributed by atoms with E-state index < -0.39 is 0 Å². The molecule has 0 radical (unpaired) electrons. The molecular formula is C29H33N7O2. The summed E-state index contributed by atoms with van der Waals surface area (Å²) in [6.45, 7) is 6.59. The number of anilines is 2. The van der Waals surface area contributed by atoms with Gasteiger partial charge in [-0.25, -0.2) is 4.98 Å². The summed E-state index contributed by atoms with van der Waals surface area (Å²) in [6, 6.07) is 16.6. The Morgan fingerprint density at radius 3 is 2.84 bits per heavy atom. The van der Waals surface area contributed by atoms with Crippen molar-refractivity contribution in [1.82, 2.24) is 24.8 Å². The zero-order chi connectivity index (χ0) is 25.6. The molecule has 0 unspecified atom stereocenters. The molecular weight excluding hydrogens is 478 g/mol. The van der Waals surface area contributed by atoms with Gasteiger partial charge in [0.1, 0.15) is 18.2 Å². The minimum Gasteiger partial charge on any atom is -0.492 e. The molecule has 196 valence electrons. The van der Waals surface area contributed by atoms with Gasteiger partial charge in [-0.3, -0.25) is 4.90 Å². The molecule has 1 fully saturated rings. The van der Waals surface area contributed by atoms with Crippen LogP contribution in [0, 0.1) is 0 Å². The van der Waals surface area contributed by atoms with Gasteiger partial charge in [0.2, 0.25) is 5.95 Å². The molecule has 4 N–H and O–H groups in total. The smallest absolute Gasteiger partial charge is 0.224 e. The van der Waals surface area contributed by atoms with Crippen LogP contribution < -0.4 is 15.4 Å². The molecule has 2 aromatic carbocycles. The third-order valence-electron chi connectivity index (χ3n) is 6.94. The molecule has 9 nitrogen and oxygen atoms in total. The van der Waals surface area contributed by atoms with Gasteiger partial charge in [0, 0.05) is 67.7 Å². The standard InChI is InChI=1S/C29H33N7O2/c1-3-26-22(5-8-30-26)17-21(1)19-34-28-7-10-32-29(35-28)31-9-6-23-20-33-27-4-2-24(18-25(23)27)38-16-13-36-11-14-37-15-12-36/h1-5,7-8,10,17-18,20,30,33H,6,9,11-16,19H2,(H2,31,32,34,35). The van der Waals surface area contributed by atoms with E-state index in [0.29, 0.717) is 19.1 Å². The topological polar surface area (TPSA) is 103 Å². The van der Waals surface area contributed by atoms with Crippen molar-refractivity contribution in [2.75, 3.05) is 56.6 Å². The second-order valence-corrected chi connectivity index (χ2v) is 9.52. The maximum Gasteiger partial charge on any atom is 0.224 e. The second kappa shape index (κ2) is 11.5. The number of hydrogen-bond acceptors (Lipinski definition) is 7. The molecule has 38 heavy (non-hydrogen) atoms. The van der Waals surface area contributed by atoms with Crippen LogP contribution in [0.5, 0.6) is 5.75 Å². The normalized spacial score (nSPS) is 14.2. The molecule has 6 rings (SSSR count). The fraction of sp³-hybridized carbons (Fsp3) is 0.310. The number of nitrogens with one attached hydrogen (secondary N) is 4. The maximum atomic E-state index is 6.06. The summed E-state index contributed by atoms with van der Waals surface area (Å²) in [4.78, 5) is 18.0. The Kier molecular flexibility index (Phi) is 7.37. The molecule has 1 aliphatic rings. The highest BCUT2D eigenvalue weighted by Crippen LogP contribution is 2.24. The predicted molar refractivity (Wildman–Crippen MR) is 151 cm³/mol. The van der Waals surface area contributed by atoms with E-state index in [1.807, 2.05) is 18.3 Å². The lowest BCUT2D eigenvalue weighted by Crippen LogP contribution is -2.38. The molecule has 3 aromatic heterocycles. The highest BCUT2D eigenvalue weighted by Gasteiger charge is 2.11. The molecule has 0 atom stereocenters. The molecule has 0 spiro atoms. The van der Waals surface area contributed by atoms with Gasteiger partial charge in [0.05, 0.1) is 13.2 Å². The Morgan fingerprint density at radius 2 is 1.89 bits per heavy atom. The highest BCUT2D eigenvalue weighted by molar-refractivity contribution is 5.84. The van der Waals surface area contributed by atoms with Crippen molar-refractivity contribution in [2.45, 2.75) is 13.0 Å². The molecule has 0 aliphatic carbocycles. The first kappa shape index (κ1) is 24.3. The molecule has 1 aliphatic heterocycles. The summed E-state index contributed by atoms with van der Waals surface area (Å²) >= 11 is 0. The van der Waals surface area contributed by atoms with Crippen LogP contribution in [0.15, 0.2) is 67.1 Å². The SMILES string of the molecule is c1cc(NCc2ccc3[nH]ccc3c2)nc(NCCc2c[nH]c3ccc(OCCN4CCOCC4)cc23)n1. The monoisotopic (exact) mass is 511 g/mol. The van der Waals surface area contributed by atoms with Crippen LogP contribution in [0.4, 0.5) is 11.8 Å². The second-order valence-electron chi connectivity index (χ2n) is 9.52. The number of morpholine rings is 1. The number of rotatable bonds is 11. The van der Waals surface area contributed by atoms with Crippen LogP contribution in [0.25, 0.3) is 21.8 Å². The molecule has 9 heteroatoms. The molecule has 0 amide bonds. The summed E-state index contributed by atoms with van der Waals surface area (Å²) in [5.41, 5.74) is 4.69. The van der Waals surface area contributed by atoms with Gasteiger partial charge in [-0.1, -0.05) is 6.07 Å². The van der Waals surface area contributed by atoms with Crippen LogP contribution in [0.3, 0.4) is 0 Å². The zero-order valence-corrected chi connectivity index (χ0v) is 21.4. The Bertz CT molecular complexity index is 1490. The Balaban J connectivity index is 1.01. The number of fused-ring (bicyclic) bond motifs is 2. The minimum atomic E-state index is 0.614. The van der Waals surface area contributed by atoms with Gasteiger partial charge in [-0.2, -0.15) is 4.98 Å². The van der Waals surface area contributed by atoms with Crippen molar-refractivity contribution >= 4 is 33.6 Å². The molecule has 4 heterocycles. The highest BCUT2D eigenvalue weighted by atomic mass is 16.5. The number of nitrogens with zero attached hydrogens (tertiary/aromatic N) is 3. The van der Waals surface area contributed by atoms with E-state index in [0.717, 1.165) is 68.4 Å². The van der Waals surface area contributed by atoms with Gasteiger partial charge in [0.15, 0.2) is 0 Å². The van der Waals surface area contributed by atoms with Crippen molar-refractivity contribution in [2.24, 2.45) is 0 Å². The van der Waals surface area contributed by atoms with Crippen LogP contribution in [0.1, 0.15) is 11.1 Å². The Morgan fingerprint density at radius 1 is 0.974 bits per heavy atom. The average molecular weight is 512 g/mol. The summed E-state index contributed by atoms with van der Waals surface area (Å²) in [5, 5.41) is 9.16. The van der Waals surface area contributed by atoms with Crippen LogP contribution >= 0.6 is 0 Å². The average Bonchev–Trinajstić information content (AvgIpc) is 3.59. The maximum absolute atomic E-state index is 6.06. The van der Waals surface area contributed by atoms with Crippen LogP contribution in [-0.2, 0) is 17.7 Å². The molecule has 5 aromatic rings. The first-order chi connectivity index (χ1) is 18.8. The summed E-state index contributed by atoms with van der Waals surface area (Å²) in [5.74, 6) is 2.31. The van der Waals surface area contributed by atoms with Crippen molar-refractivity contribution in [3.63, 3.8) is 0 Å². The van der Waals surface area contributed by atoms with E-state index in [1.54, 1.807) is 6.20 Å². The summed E-state index contributed by atoms with van der Waals surface area (Å²) in [7, 11) is 0. The molecule has 0 bridgehead atoms. The van der Waals surface area contributed by atoms with Crippen LogP contribution in [-0.4, -0.2) is 70.8 Å². The van der Waals surface area contributed by atoms with Crippen LogP contribution in [0.2, 0.25) is 0 Å². The van der Waals surface area contributed by atoms with E-state index in [1.165, 1.54) is 21.9 Å². The van der Waals surface area contributed by atoms with Crippen molar-refractivity contribution in [3.8, 4) is 5.75 Å². The first-order valence-electron chi connectivity index (χ1n) is 13.2. The van der Waals surface area contributed by atoms with E-state index in [4.69, 9.17) is 9.47 Å². The quantitative estimate of drug-likeness (QED) is 0.208. The van der Waals surface area contributed by atoms with E-state index in [2.05, 4.69) is 78.1 Å². The third-order valence-corrected chi connectivity index (χ3v) is 6.94. The van der Waals surface area contributed by atoms with Gasteiger partial charge in [-0.15, -0.1) is 0 Å². The molecule has 0 saturated carbocycles. The Hall–Kier alpha value is -4.08. The minimum absolute atomic E-state index is 0.614. The summed E-state index contributed by atoms with van der Waals surface area (Å²) in [6.07, 6.45) is 6.65. The predicted octanol–water partition coefficient (Wildman–Crippen LogP) is 4.42.